The topological polar surface area (TPSA) is 96.6 Å². The molecule has 0 radical (unpaired) electrons. The van der Waals surface area contributed by atoms with Crippen LogP contribution in [0.2, 0.25) is 0 Å². The average Bonchev–Trinajstić information content (AvgIpc) is 2.79. The SMILES string of the molecule is CCC(=O)C(C)(C)NC(=O)[C@@H](N)CC1CN=CN1. The number of carbonyl (C=O) groups excluding carboxylic acids is 2. The molecule has 0 spiro atoms. The van der Waals surface area contributed by atoms with Crippen molar-refractivity contribution in [3.63, 3.8) is 0 Å². The van der Waals surface area contributed by atoms with Gasteiger partial charge in [0, 0.05) is 12.5 Å². The van der Waals surface area contributed by atoms with Crippen LogP contribution >= 0.6 is 0 Å². The van der Waals surface area contributed by atoms with Crippen LogP contribution in [0.1, 0.15) is 33.6 Å². The molecule has 102 valence electrons. The van der Waals surface area contributed by atoms with Gasteiger partial charge in [-0.1, -0.05) is 6.92 Å². The molecule has 0 saturated heterocycles. The van der Waals surface area contributed by atoms with E-state index in [1.807, 2.05) is 0 Å². The van der Waals surface area contributed by atoms with Gasteiger partial charge in [0.25, 0.3) is 0 Å². The van der Waals surface area contributed by atoms with Gasteiger partial charge in [0.2, 0.25) is 5.91 Å². The Balaban J connectivity index is 2.46. The van der Waals surface area contributed by atoms with E-state index in [4.69, 9.17) is 5.73 Å². The van der Waals surface area contributed by atoms with Crippen LogP contribution in [-0.4, -0.2) is 42.2 Å². The van der Waals surface area contributed by atoms with Gasteiger partial charge in [0.05, 0.1) is 24.5 Å². The highest BCUT2D eigenvalue weighted by atomic mass is 16.2. The number of nitrogens with two attached hydrogens (primary N) is 1. The standard InChI is InChI=1S/C12H22N4O2/c1-4-10(17)12(2,3)16-11(18)9(13)5-8-6-14-7-15-8/h7-9H,4-6,13H2,1-3H3,(H,14,15)(H,16,18)/t8?,9-/m0/s1. The lowest BCUT2D eigenvalue weighted by Crippen LogP contribution is -2.55. The summed E-state index contributed by atoms with van der Waals surface area (Å²) in [4.78, 5) is 27.6. The fraction of sp³-hybridized carbons (Fsp3) is 0.750. The second-order valence-electron chi connectivity index (χ2n) is 5.09. The molecule has 0 aromatic carbocycles. The molecule has 4 N–H and O–H groups in total. The summed E-state index contributed by atoms with van der Waals surface area (Å²) in [5.74, 6) is -0.305. The molecule has 6 nitrogen and oxygen atoms in total. The molecule has 18 heavy (non-hydrogen) atoms. The van der Waals surface area contributed by atoms with E-state index in [-0.39, 0.29) is 17.7 Å². The Morgan fingerprint density at radius 2 is 2.28 bits per heavy atom. The molecular weight excluding hydrogens is 232 g/mol. The summed E-state index contributed by atoms with van der Waals surface area (Å²) in [6, 6.07) is -0.524. The minimum absolute atomic E-state index is 0.00891. The van der Waals surface area contributed by atoms with Gasteiger partial charge >= 0.3 is 0 Å². The number of amides is 1. The molecule has 6 heteroatoms. The molecule has 0 saturated carbocycles. The van der Waals surface area contributed by atoms with Crippen LogP contribution in [0, 0.1) is 0 Å². The molecule has 2 atom stereocenters. The number of rotatable bonds is 6. The maximum Gasteiger partial charge on any atom is 0.237 e. The molecule has 0 aliphatic carbocycles. The third-order valence-electron chi connectivity index (χ3n) is 3.06. The first-order valence-corrected chi connectivity index (χ1v) is 6.22. The van der Waals surface area contributed by atoms with Crippen molar-refractivity contribution in [1.82, 2.24) is 10.6 Å². The van der Waals surface area contributed by atoms with Crippen molar-refractivity contribution < 1.29 is 9.59 Å². The predicted octanol–water partition coefficient (Wildman–Crippen LogP) is -0.422. The molecule has 0 aromatic heterocycles. The summed E-state index contributed by atoms with van der Waals surface area (Å²) >= 11 is 0. The van der Waals surface area contributed by atoms with E-state index in [1.54, 1.807) is 27.1 Å². The van der Waals surface area contributed by atoms with Crippen LogP contribution < -0.4 is 16.4 Å². The van der Waals surface area contributed by atoms with E-state index in [2.05, 4.69) is 15.6 Å². The normalized spacial score (nSPS) is 20.3. The van der Waals surface area contributed by atoms with Gasteiger partial charge < -0.3 is 16.4 Å². The fourth-order valence-corrected chi connectivity index (χ4v) is 1.86. The highest BCUT2D eigenvalue weighted by Gasteiger charge is 2.30. The maximum absolute atomic E-state index is 11.9. The minimum Gasteiger partial charge on any atom is -0.372 e. The first-order chi connectivity index (χ1) is 8.36. The van der Waals surface area contributed by atoms with Gasteiger partial charge in [0.1, 0.15) is 0 Å². The smallest absolute Gasteiger partial charge is 0.237 e. The summed E-state index contributed by atoms with van der Waals surface area (Å²) in [5, 5.41) is 5.72. The zero-order valence-electron chi connectivity index (χ0n) is 11.2. The molecule has 1 aliphatic heterocycles. The van der Waals surface area contributed by atoms with Crippen molar-refractivity contribution in [1.29, 1.82) is 0 Å². The Hall–Kier alpha value is -1.43. The van der Waals surface area contributed by atoms with Crippen molar-refractivity contribution >= 4 is 18.0 Å². The van der Waals surface area contributed by atoms with Crippen LogP contribution in [-0.2, 0) is 9.59 Å². The number of hydrogen-bond acceptors (Lipinski definition) is 5. The van der Waals surface area contributed by atoms with E-state index >= 15 is 0 Å². The molecular formula is C12H22N4O2. The molecule has 0 aromatic rings. The van der Waals surface area contributed by atoms with Crippen molar-refractivity contribution in [3.8, 4) is 0 Å². The summed E-state index contributed by atoms with van der Waals surface area (Å²) in [6.07, 6.45) is 2.52. The largest absolute Gasteiger partial charge is 0.372 e. The van der Waals surface area contributed by atoms with Gasteiger partial charge in [-0.2, -0.15) is 0 Å². The third-order valence-corrected chi connectivity index (χ3v) is 3.06. The van der Waals surface area contributed by atoms with E-state index in [9.17, 15) is 9.59 Å². The molecule has 0 fully saturated rings. The number of nitrogens with one attached hydrogen (secondary N) is 2. The van der Waals surface area contributed by atoms with Gasteiger partial charge in [-0.15, -0.1) is 0 Å². The van der Waals surface area contributed by atoms with E-state index in [0.717, 1.165) is 0 Å². The van der Waals surface area contributed by atoms with Crippen LogP contribution in [0.3, 0.4) is 0 Å². The number of Topliss-reactive ketones (excluding diaryl/α,β-unsaturated/α-hetero) is 1. The predicted molar refractivity (Wildman–Crippen MR) is 70.4 cm³/mol. The minimum atomic E-state index is -0.858. The third kappa shape index (κ3) is 3.80. The van der Waals surface area contributed by atoms with Crippen LogP contribution in [0.25, 0.3) is 0 Å². The van der Waals surface area contributed by atoms with E-state index < -0.39 is 11.6 Å². The Morgan fingerprint density at radius 1 is 1.61 bits per heavy atom. The molecule has 1 amide bonds. The maximum atomic E-state index is 11.9. The van der Waals surface area contributed by atoms with Crippen LogP contribution in [0.15, 0.2) is 4.99 Å². The number of hydrogen-bond donors (Lipinski definition) is 3. The van der Waals surface area contributed by atoms with Crippen molar-refractivity contribution in [2.75, 3.05) is 6.54 Å². The Labute approximate surface area is 107 Å². The number of ketones is 1. The van der Waals surface area contributed by atoms with Gasteiger partial charge in [-0.25, -0.2) is 0 Å². The van der Waals surface area contributed by atoms with Crippen molar-refractivity contribution in [3.05, 3.63) is 0 Å². The zero-order valence-corrected chi connectivity index (χ0v) is 11.2. The number of carbonyl (C=O) groups is 2. The molecule has 1 aliphatic rings. The van der Waals surface area contributed by atoms with Gasteiger partial charge in [0.15, 0.2) is 5.78 Å². The van der Waals surface area contributed by atoms with Gasteiger partial charge in [-0.05, 0) is 20.3 Å². The Kier molecular flexibility index (Phi) is 4.84. The first-order valence-electron chi connectivity index (χ1n) is 6.22. The Morgan fingerprint density at radius 3 is 2.78 bits per heavy atom. The highest BCUT2D eigenvalue weighted by Crippen LogP contribution is 2.08. The lowest BCUT2D eigenvalue weighted by Gasteiger charge is -2.26. The quantitative estimate of drug-likeness (QED) is 0.599. The van der Waals surface area contributed by atoms with Gasteiger partial charge in [-0.3, -0.25) is 14.6 Å². The lowest BCUT2D eigenvalue weighted by molar-refractivity contribution is -0.131. The summed E-state index contributed by atoms with van der Waals surface area (Å²) in [7, 11) is 0. The second-order valence-corrected chi connectivity index (χ2v) is 5.09. The molecule has 0 bridgehead atoms. The van der Waals surface area contributed by atoms with Crippen molar-refractivity contribution in [2.24, 2.45) is 10.7 Å². The van der Waals surface area contributed by atoms with Crippen molar-refractivity contribution in [2.45, 2.75) is 51.2 Å². The Bertz CT molecular complexity index is 344. The zero-order chi connectivity index (χ0) is 13.8. The molecule has 1 rings (SSSR count). The number of aliphatic imine (C=N–C) groups is 1. The second kappa shape index (κ2) is 5.95. The average molecular weight is 254 g/mol. The highest BCUT2D eigenvalue weighted by molar-refractivity contribution is 5.93. The van der Waals surface area contributed by atoms with Crippen LogP contribution in [0.5, 0.6) is 0 Å². The summed E-state index contributed by atoms with van der Waals surface area (Å²) < 4.78 is 0. The van der Waals surface area contributed by atoms with Crippen LogP contribution in [0.4, 0.5) is 0 Å². The van der Waals surface area contributed by atoms with E-state index in [1.165, 1.54) is 0 Å². The lowest BCUT2D eigenvalue weighted by atomic mass is 9.96. The number of nitrogens with zero attached hydrogens (tertiary/aromatic N) is 1. The fourth-order valence-electron chi connectivity index (χ4n) is 1.86. The monoisotopic (exact) mass is 254 g/mol. The first kappa shape index (κ1) is 14.6. The molecule has 1 heterocycles. The summed E-state index contributed by atoms with van der Waals surface area (Å²) in [6.45, 7) is 5.80. The summed E-state index contributed by atoms with van der Waals surface area (Å²) in [5.41, 5.74) is 4.97. The molecule has 1 unspecified atom stereocenters. The van der Waals surface area contributed by atoms with E-state index in [0.29, 0.717) is 19.4 Å².